The van der Waals surface area contributed by atoms with Crippen LogP contribution in [0.1, 0.15) is 25.7 Å². The molecule has 2 rings (SSSR count). The predicted octanol–water partition coefficient (Wildman–Crippen LogP) is 2.44. The fourth-order valence-electron chi connectivity index (χ4n) is 1.73. The van der Waals surface area contributed by atoms with Gasteiger partial charge in [0.2, 0.25) is 0 Å². The van der Waals surface area contributed by atoms with E-state index in [0.717, 1.165) is 9.75 Å². The van der Waals surface area contributed by atoms with Crippen LogP contribution in [-0.2, 0) is 6.54 Å². The molecule has 3 nitrogen and oxygen atoms in total. The summed E-state index contributed by atoms with van der Waals surface area (Å²) in [5.74, 6) is 5.20. The number of hydrogen-bond acceptors (Lipinski definition) is 3. The Morgan fingerprint density at radius 1 is 1.38 bits per heavy atom. The number of hydrogen-bond donors (Lipinski definition) is 2. The number of aryl methyl sites for hydroxylation is 1. The van der Waals surface area contributed by atoms with E-state index in [1.165, 1.54) is 29.5 Å². The van der Waals surface area contributed by atoms with Crippen LogP contribution in [-0.4, -0.2) is 12.5 Å². The molecule has 1 heterocycles. The van der Waals surface area contributed by atoms with Gasteiger partial charge in [-0.15, -0.1) is 11.3 Å². The van der Waals surface area contributed by atoms with Gasteiger partial charge in [-0.3, -0.25) is 4.79 Å². The van der Waals surface area contributed by atoms with Crippen molar-refractivity contribution in [2.24, 2.45) is 5.73 Å². The van der Waals surface area contributed by atoms with Crippen molar-refractivity contribution in [1.82, 2.24) is 5.32 Å². The van der Waals surface area contributed by atoms with Crippen molar-refractivity contribution in [3.8, 4) is 11.8 Å². The lowest BCUT2D eigenvalue weighted by Crippen LogP contribution is -2.22. The van der Waals surface area contributed by atoms with Crippen molar-refractivity contribution in [2.45, 2.75) is 13.5 Å². The lowest BCUT2D eigenvalue weighted by Gasteiger charge is -2.05. The Labute approximate surface area is 127 Å². The molecule has 0 aliphatic heterocycles. The van der Waals surface area contributed by atoms with Crippen LogP contribution in [0.2, 0.25) is 0 Å². The van der Waals surface area contributed by atoms with Crippen molar-refractivity contribution in [1.29, 1.82) is 0 Å². The summed E-state index contributed by atoms with van der Waals surface area (Å²) in [6, 6.07) is 8.13. The van der Waals surface area contributed by atoms with E-state index in [4.69, 9.17) is 5.73 Å². The first-order chi connectivity index (χ1) is 10.1. The van der Waals surface area contributed by atoms with E-state index in [0.29, 0.717) is 24.2 Å². The summed E-state index contributed by atoms with van der Waals surface area (Å²) < 4.78 is 13.2. The highest BCUT2D eigenvalue weighted by Gasteiger charge is 2.08. The van der Waals surface area contributed by atoms with Crippen LogP contribution < -0.4 is 11.1 Å². The van der Waals surface area contributed by atoms with Crippen molar-refractivity contribution in [3.63, 3.8) is 0 Å². The first kappa shape index (κ1) is 15.2. The van der Waals surface area contributed by atoms with E-state index in [-0.39, 0.29) is 11.7 Å². The van der Waals surface area contributed by atoms with Crippen molar-refractivity contribution in [3.05, 3.63) is 57.0 Å². The molecule has 0 radical (unpaired) electrons. The molecule has 0 atom stereocenters. The van der Waals surface area contributed by atoms with E-state index < -0.39 is 0 Å². The first-order valence-corrected chi connectivity index (χ1v) is 7.24. The SMILES string of the molecule is Cc1cc(C(=O)NCc2ccc(C#CCN)s2)ccc1F. The summed E-state index contributed by atoms with van der Waals surface area (Å²) in [5.41, 5.74) is 6.23. The van der Waals surface area contributed by atoms with Crippen molar-refractivity contribution < 1.29 is 9.18 Å². The molecule has 108 valence electrons. The minimum Gasteiger partial charge on any atom is -0.347 e. The number of benzene rings is 1. The average Bonchev–Trinajstić information content (AvgIpc) is 2.93. The number of carbonyl (C=O) groups is 1. The Hall–Kier alpha value is -2.16. The van der Waals surface area contributed by atoms with Crippen LogP contribution >= 0.6 is 11.3 Å². The number of nitrogens with two attached hydrogens (primary N) is 1. The average molecular weight is 302 g/mol. The van der Waals surface area contributed by atoms with Gasteiger partial charge in [0.1, 0.15) is 5.82 Å². The van der Waals surface area contributed by atoms with E-state index >= 15 is 0 Å². The standard InChI is InChI=1S/C16H15FN2OS/c1-11-9-12(4-7-15(11)17)16(20)19-10-14-6-5-13(21-14)3-2-8-18/h4-7,9H,8,10,18H2,1H3,(H,19,20). The quantitative estimate of drug-likeness (QED) is 0.856. The number of halogens is 1. The summed E-state index contributed by atoms with van der Waals surface area (Å²) in [4.78, 5) is 13.9. The zero-order valence-corrected chi connectivity index (χ0v) is 12.4. The molecular weight excluding hydrogens is 287 g/mol. The maximum absolute atomic E-state index is 13.2. The highest BCUT2D eigenvalue weighted by Crippen LogP contribution is 2.15. The van der Waals surface area contributed by atoms with Gasteiger partial charge < -0.3 is 11.1 Å². The predicted molar refractivity (Wildman–Crippen MR) is 82.6 cm³/mol. The van der Waals surface area contributed by atoms with Crippen molar-refractivity contribution >= 4 is 17.2 Å². The molecular formula is C16H15FN2OS. The molecule has 0 aliphatic carbocycles. The van der Waals surface area contributed by atoms with Gasteiger partial charge in [0.05, 0.1) is 18.0 Å². The lowest BCUT2D eigenvalue weighted by atomic mass is 10.1. The molecule has 0 saturated heterocycles. The van der Waals surface area contributed by atoms with Gasteiger partial charge in [-0.2, -0.15) is 0 Å². The van der Waals surface area contributed by atoms with Crippen LogP contribution in [0.5, 0.6) is 0 Å². The van der Waals surface area contributed by atoms with Crippen LogP contribution in [0.15, 0.2) is 30.3 Å². The third-order valence-electron chi connectivity index (χ3n) is 2.82. The molecule has 0 aliphatic rings. The van der Waals surface area contributed by atoms with Gasteiger partial charge >= 0.3 is 0 Å². The molecule has 0 bridgehead atoms. The second-order valence-electron chi connectivity index (χ2n) is 4.42. The smallest absolute Gasteiger partial charge is 0.251 e. The van der Waals surface area contributed by atoms with E-state index in [2.05, 4.69) is 17.2 Å². The van der Waals surface area contributed by atoms with E-state index in [1.54, 1.807) is 6.92 Å². The number of amides is 1. The van der Waals surface area contributed by atoms with Crippen molar-refractivity contribution in [2.75, 3.05) is 6.54 Å². The third-order valence-corrected chi connectivity index (χ3v) is 3.82. The summed E-state index contributed by atoms with van der Waals surface area (Å²) in [7, 11) is 0. The van der Waals surface area contributed by atoms with Crippen LogP contribution in [0.4, 0.5) is 4.39 Å². The molecule has 2 aromatic rings. The fraction of sp³-hybridized carbons (Fsp3) is 0.188. The second-order valence-corrected chi connectivity index (χ2v) is 5.59. The zero-order valence-electron chi connectivity index (χ0n) is 11.6. The van der Waals surface area contributed by atoms with E-state index in [9.17, 15) is 9.18 Å². The number of carbonyl (C=O) groups excluding carboxylic acids is 1. The maximum atomic E-state index is 13.2. The molecule has 0 fully saturated rings. The van der Waals surface area contributed by atoms with E-state index in [1.807, 2.05) is 12.1 Å². The summed E-state index contributed by atoms with van der Waals surface area (Å²) >= 11 is 1.51. The highest BCUT2D eigenvalue weighted by molar-refractivity contribution is 7.12. The zero-order chi connectivity index (χ0) is 15.2. The molecule has 1 amide bonds. The number of thiophene rings is 1. The molecule has 3 N–H and O–H groups in total. The first-order valence-electron chi connectivity index (χ1n) is 6.42. The molecule has 5 heteroatoms. The Morgan fingerprint density at radius 2 is 2.19 bits per heavy atom. The molecule has 1 aromatic carbocycles. The maximum Gasteiger partial charge on any atom is 0.251 e. The number of nitrogens with one attached hydrogen (secondary N) is 1. The Balaban J connectivity index is 1.97. The fourth-order valence-corrected chi connectivity index (χ4v) is 2.56. The van der Waals surface area contributed by atoms with Gasteiger partial charge in [-0.25, -0.2) is 4.39 Å². The topological polar surface area (TPSA) is 55.1 Å². The van der Waals surface area contributed by atoms with Gasteiger partial charge in [0.25, 0.3) is 5.91 Å². The third kappa shape index (κ3) is 4.15. The van der Waals surface area contributed by atoms with Gasteiger partial charge in [-0.05, 0) is 42.8 Å². The molecule has 1 aromatic heterocycles. The normalized spacial score (nSPS) is 9.86. The van der Waals surface area contributed by atoms with Crippen LogP contribution in [0.25, 0.3) is 0 Å². The monoisotopic (exact) mass is 302 g/mol. The summed E-state index contributed by atoms with van der Waals surface area (Å²) in [6.07, 6.45) is 0. The second kappa shape index (κ2) is 7.02. The Morgan fingerprint density at radius 3 is 2.90 bits per heavy atom. The van der Waals surface area contributed by atoms with Crippen LogP contribution in [0.3, 0.4) is 0 Å². The largest absolute Gasteiger partial charge is 0.347 e. The summed E-state index contributed by atoms with van der Waals surface area (Å²) in [6.45, 7) is 2.38. The minimum absolute atomic E-state index is 0.221. The van der Waals surface area contributed by atoms with Crippen LogP contribution in [0, 0.1) is 24.6 Å². The summed E-state index contributed by atoms with van der Waals surface area (Å²) in [5, 5.41) is 2.81. The minimum atomic E-state index is -0.312. The molecule has 0 unspecified atom stereocenters. The Bertz CT molecular complexity index is 713. The Kier molecular flexibility index (Phi) is 5.09. The molecule has 0 saturated carbocycles. The highest BCUT2D eigenvalue weighted by atomic mass is 32.1. The lowest BCUT2D eigenvalue weighted by molar-refractivity contribution is 0.0951. The van der Waals surface area contributed by atoms with Gasteiger partial charge in [-0.1, -0.05) is 11.8 Å². The number of rotatable bonds is 3. The van der Waals surface area contributed by atoms with Gasteiger partial charge in [0.15, 0.2) is 0 Å². The molecule has 21 heavy (non-hydrogen) atoms. The van der Waals surface area contributed by atoms with Gasteiger partial charge in [0, 0.05) is 10.4 Å². The molecule has 0 spiro atoms.